The number of nitrogens with one attached hydrogen (secondary N) is 1. The SMILES string of the molecule is CN=C(NCc1cn2ccsc2n1)N1CCN(CC2CCOC2)CC1. The summed E-state index contributed by atoms with van der Waals surface area (Å²) in [6.45, 7) is 7.98. The molecule has 4 rings (SSSR count). The molecule has 0 aliphatic carbocycles. The molecule has 2 fully saturated rings. The Morgan fingerprint density at radius 3 is 3.00 bits per heavy atom. The van der Waals surface area contributed by atoms with Gasteiger partial charge in [-0.15, -0.1) is 11.3 Å². The van der Waals surface area contributed by atoms with Gasteiger partial charge in [0, 0.05) is 64.2 Å². The van der Waals surface area contributed by atoms with Gasteiger partial charge in [-0.25, -0.2) is 4.98 Å². The lowest BCUT2D eigenvalue weighted by Gasteiger charge is -2.37. The molecular formula is C17H26N6OS. The zero-order chi connectivity index (χ0) is 17.1. The monoisotopic (exact) mass is 362 g/mol. The van der Waals surface area contributed by atoms with Gasteiger partial charge in [-0.2, -0.15) is 0 Å². The van der Waals surface area contributed by atoms with Crippen LogP contribution in [0.2, 0.25) is 0 Å². The Balaban J connectivity index is 1.26. The fourth-order valence-corrected chi connectivity index (χ4v) is 4.32. The van der Waals surface area contributed by atoms with E-state index in [4.69, 9.17) is 4.74 Å². The Morgan fingerprint density at radius 1 is 1.40 bits per heavy atom. The highest BCUT2D eigenvalue weighted by Crippen LogP contribution is 2.15. The van der Waals surface area contributed by atoms with Crippen LogP contribution in [0.15, 0.2) is 22.8 Å². The minimum Gasteiger partial charge on any atom is -0.381 e. The maximum absolute atomic E-state index is 5.49. The molecular weight excluding hydrogens is 336 g/mol. The van der Waals surface area contributed by atoms with E-state index in [1.807, 2.05) is 13.2 Å². The molecule has 2 aromatic rings. The molecule has 25 heavy (non-hydrogen) atoms. The largest absolute Gasteiger partial charge is 0.381 e. The zero-order valence-electron chi connectivity index (χ0n) is 14.7. The first-order valence-electron chi connectivity index (χ1n) is 8.98. The number of fused-ring (bicyclic) bond motifs is 1. The van der Waals surface area contributed by atoms with Crippen LogP contribution in [0.5, 0.6) is 0 Å². The number of hydrogen-bond donors (Lipinski definition) is 1. The highest BCUT2D eigenvalue weighted by atomic mass is 32.1. The van der Waals surface area contributed by atoms with Gasteiger partial charge in [0.25, 0.3) is 0 Å². The molecule has 8 heteroatoms. The van der Waals surface area contributed by atoms with Crippen LogP contribution in [0.25, 0.3) is 4.96 Å². The lowest BCUT2D eigenvalue weighted by atomic mass is 10.1. The molecule has 0 saturated carbocycles. The van der Waals surface area contributed by atoms with Crippen molar-refractivity contribution in [3.05, 3.63) is 23.5 Å². The van der Waals surface area contributed by atoms with Gasteiger partial charge in [-0.3, -0.25) is 14.3 Å². The van der Waals surface area contributed by atoms with Crippen molar-refractivity contribution in [1.29, 1.82) is 0 Å². The second-order valence-corrected chi connectivity index (χ2v) is 7.62. The topological polar surface area (TPSA) is 57.4 Å². The minimum atomic E-state index is 0.709. The Hall–Kier alpha value is -1.64. The first-order valence-corrected chi connectivity index (χ1v) is 9.86. The summed E-state index contributed by atoms with van der Waals surface area (Å²) in [6, 6.07) is 0. The van der Waals surface area contributed by atoms with Gasteiger partial charge < -0.3 is 15.0 Å². The van der Waals surface area contributed by atoms with Crippen LogP contribution in [0, 0.1) is 5.92 Å². The molecule has 1 unspecified atom stereocenters. The van der Waals surface area contributed by atoms with Crippen LogP contribution in [0.3, 0.4) is 0 Å². The van der Waals surface area contributed by atoms with Crippen molar-refractivity contribution < 1.29 is 4.74 Å². The average molecular weight is 363 g/mol. The molecule has 2 saturated heterocycles. The van der Waals surface area contributed by atoms with Gasteiger partial charge in [0.1, 0.15) is 0 Å². The normalized spacial score (nSPS) is 22.8. The predicted molar refractivity (Wildman–Crippen MR) is 100 cm³/mol. The Kier molecular flexibility index (Phi) is 5.19. The summed E-state index contributed by atoms with van der Waals surface area (Å²) in [4.78, 5) is 15.0. The molecule has 2 aliphatic heterocycles. The van der Waals surface area contributed by atoms with Crippen LogP contribution < -0.4 is 5.32 Å². The number of thiazole rings is 1. The number of aliphatic imine (C=N–C) groups is 1. The molecule has 0 radical (unpaired) electrons. The van der Waals surface area contributed by atoms with Crippen LogP contribution in [-0.2, 0) is 11.3 Å². The van der Waals surface area contributed by atoms with E-state index in [-0.39, 0.29) is 0 Å². The summed E-state index contributed by atoms with van der Waals surface area (Å²) in [5.74, 6) is 1.69. The summed E-state index contributed by atoms with van der Waals surface area (Å²) in [5.41, 5.74) is 1.05. The average Bonchev–Trinajstić information content (AvgIpc) is 3.34. The standard InChI is InChI=1S/C17H26N6OS/c1-18-16(19-10-15-12-23-7-9-25-17(23)20-15)22-5-3-21(4-6-22)11-14-2-8-24-13-14/h7,9,12,14H,2-6,8,10-11,13H2,1H3,(H,18,19). The maximum Gasteiger partial charge on any atom is 0.194 e. The van der Waals surface area contributed by atoms with E-state index in [1.165, 1.54) is 13.0 Å². The van der Waals surface area contributed by atoms with Gasteiger partial charge in [0.2, 0.25) is 0 Å². The van der Waals surface area contributed by atoms with E-state index in [0.717, 1.165) is 61.9 Å². The van der Waals surface area contributed by atoms with E-state index in [1.54, 1.807) is 11.3 Å². The fraction of sp³-hybridized carbons (Fsp3) is 0.647. The predicted octanol–water partition coefficient (Wildman–Crippen LogP) is 1.13. The van der Waals surface area contributed by atoms with Crippen LogP contribution in [-0.4, -0.2) is 78.1 Å². The second kappa shape index (κ2) is 7.72. The number of nitrogens with zero attached hydrogens (tertiary/aromatic N) is 5. The second-order valence-electron chi connectivity index (χ2n) is 6.74. The van der Waals surface area contributed by atoms with Crippen molar-refractivity contribution in [2.75, 3.05) is 53.0 Å². The third-order valence-electron chi connectivity index (χ3n) is 4.99. The fourth-order valence-electron chi connectivity index (χ4n) is 3.60. The van der Waals surface area contributed by atoms with Crippen molar-refractivity contribution in [2.24, 2.45) is 10.9 Å². The van der Waals surface area contributed by atoms with E-state index in [0.29, 0.717) is 6.54 Å². The third-order valence-corrected chi connectivity index (χ3v) is 5.77. The zero-order valence-corrected chi connectivity index (χ0v) is 15.5. The molecule has 0 aromatic carbocycles. The van der Waals surface area contributed by atoms with Crippen molar-refractivity contribution in [1.82, 2.24) is 24.5 Å². The quantitative estimate of drug-likeness (QED) is 0.653. The van der Waals surface area contributed by atoms with Crippen molar-refractivity contribution in [3.8, 4) is 0 Å². The minimum absolute atomic E-state index is 0.709. The maximum atomic E-state index is 5.49. The molecule has 7 nitrogen and oxygen atoms in total. The Bertz CT molecular complexity index is 683. The summed E-state index contributed by atoms with van der Waals surface area (Å²) in [5, 5.41) is 5.51. The lowest BCUT2D eigenvalue weighted by Crippen LogP contribution is -2.53. The van der Waals surface area contributed by atoms with Crippen LogP contribution >= 0.6 is 11.3 Å². The smallest absolute Gasteiger partial charge is 0.194 e. The van der Waals surface area contributed by atoms with Crippen LogP contribution in [0.4, 0.5) is 0 Å². The lowest BCUT2D eigenvalue weighted by molar-refractivity contribution is 0.139. The number of piperazine rings is 1. The number of imidazole rings is 1. The summed E-state index contributed by atoms with van der Waals surface area (Å²) in [6.07, 6.45) is 5.33. The van der Waals surface area contributed by atoms with E-state index in [9.17, 15) is 0 Å². The number of hydrogen-bond acceptors (Lipinski definition) is 5. The number of guanidine groups is 1. The molecule has 0 bridgehead atoms. The highest BCUT2D eigenvalue weighted by molar-refractivity contribution is 7.15. The molecule has 0 amide bonds. The van der Waals surface area contributed by atoms with Crippen LogP contribution in [0.1, 0.15) is 12.1 Å². The molecule has 0 spiro atoms. The summed E-state index contributed by atoms with van der Waals surface area (Å²) in [7, 11) is 1.86. The molecule has 136 valence electrons. The number of rotatable bonds is 4. The van der Waals surface area contributed by atoms with Crippen molar-refractivity contribution >= 4 is 22.3 Å². The summed E-state index contributed by atoms with van der Waals surface area (Å²) >= 11 is 1.66. The van der Waals surface area contributed by atoms with Gasteiger partial charge in [-0.05, 0) is 12.3 Å². The molecule has 1 atom stereocenters. The molecule has 2 aromatic heterocycles. The van der Waals surface area contributed by atoms with Gasteiger partial charge in [0.05, 0.1) is 18.8 Å². The van der Waals surface area contributed by atoms with E-state index < -0.39 is 0 Å². The van der Waals surface area contributed by atoms with Crippen molar-refractivity contribution in [3.63, 3.8) is 0 Å². The molecule has 1 N–H and O–H groups in total. The first kappa shape index (κ1) is 16.8. The third kappa shape index (κ3) is 3.96. The van der Waals surface area contributed by atoms with Gasteiger partial charge >= 0.3 is 0 Å². The number of aromatic nitrogens is 2. The van der Waals surface area contributed by atoms with Gasteiger partial charge in [0.15, 0.2) is 10.9 Å². The van der Waals surface area contributed by atoms with E-state index in [2.05, 4.69) is 41.1 Å². The van der Waals surface area contributed by atoms with E-state index >= 15 is 0 Å². The van der Waals surface area contributed by atoms with Gasteiger partial charge in [-0.1, -0.05) is 0 Å². The molecule has 4 heterocycles. The Morgan fingerprint density at radius 2 is 2.28 bits per heavy atom. The molecule has 2 aliphatic rings. The first-order chi connectivity index (χ1) is 12.3. The Labute approximate surface area is 152 Å². The highest BCUT2D eigenvalue weighted by Gasteiger charge is 2.24. The van der Waals surface area contributed by atoms with Crippen molar-refractivity contribution in [2.45, 2.75) is 13.0 Å². The number of ether oxygens (including phenoxy) is 1. The summed E-state index contributed by atoms with van der Waals surface area (Å²) < 4.78 is 7.56.